The Kier molecular flexibility index (Phi) is 16.5. The average molecular weight is 433 g/mol. The summed E-state index contributed by atoms with van der Waals surface area (Å²) in [5.41, 5.74) is 7.14. The molecule has 0 rings (SSSR count). The number of rotatable bonds is 13. The van der Waals surface area contributed by atoms with Gasteiger partial charge in [-0.05, 0) is 65.9 Å². The van der Waals surface area contributed by atoms with E-state index < -0.39 is 0 Å². The summed E-state index contributed by atoms with van der Waals surface area (Å²) < 4.78 is 0. The summed E-state index contributed by atoms with van der Waals surface area (Å²) in [5.74, 6) is 0.785. The topological polar surface area (TPSA) is 17.1 Å². The number of carbonyl (C=O) groups excluding carboxylic acids is 1. The molecule has 0 N–H and O–H groups in total. The number of allylic oxidation sites excluding steroid dienone is 18. The van der Waals surface area contributed by atoms with Gasteiger partial charge in [0.1, 0.15) is 6.29 Å². The standard InChI is InChI=1S/C31H44O/c1-25(2)14-11-21-30(7)31(8)23-22-28(5)19-12-17-26(3)15-9-10-16-27(4)18-13-20-29(6)24-32/h9-10,12-13,15-20,22-25H,11,14,21H2,1-8H3/b10-9+,17-12+,18-13+,23-22+,26-15+,27-16+,28-19+,29-20+,31-30+. The Labute approximate surface area is 198 Å². The molecular weight excluding hydrogens is 388 g/mol. The molecule has 0 heterocycles. The van der Waals surface area contributed by atoms with Crippen LogP contribution in [0.15, 0.2) is 106 Å². The first kappa shape index (κ1) is 29.3. The van der Waals surface area contributed by atoms with Crippen molar-refractivity contribution in [1.29, 1.82) is 0 Å². The van der Waals surface area contributed by atoms with Crippen LogP contribution in [0.25, 0.3) is 0 Å². The Bertz CT molecular complexity index is 843. The molecule has 0 amide bonds. The molecule has 0 unspecified atom stereocenters. The van der Waals surface area contributed by atoms with Crippen LogP contribution in [0, 0.1) is 5.92 Å². The van der Waals surface area contributed by atoms with Gasteiger partial charge >= 0.3 is 0 Å². The molecule has 0 spiro atoms. The molecule has 0 fully saturated rings. The smallest absolute Gasteiger partial charge is 0.145 e. The lowest BCUT2D eigenvalue weighted by Gasteiger charge is -2.06. The molecule has 1 nitrogen and oxygen atoms in total. The van der Waals surface area contributed by atoms with E-state index in [1.54, 1.807) is 13.0 Å². The number of carbonyl (C=O) groups is 1. The second-order valence-electron chi connectivity index (χ2n) is 8.95. The maximum Gasteiger partial charge on any atom is 0.145 e. The van der Waals surface area contributed by atoms with Gasteiger partial charge in [0.2, 0.25) is 0 Å². The average Bonchev–Trinajstić information content (AvgIpc) is 2.74. The molecule has 174 valence electrons. The number of aldehydes is 1. The zero-order valence-corrected chi connectivity index (χ0v) is 21.6. The van der Waals surface area contributed by atoms with Gasteiger partial charge in [0, 0.05) is 0 Å². The van der Waals surface area contributed by atoms with Gasteiger partial charge < -0.3 is 0 Å². The minimum atomic E-state index is 0.716. The molecule has 0 saturated carbocycles. The summed E-state index contributed by atoms with van der Waals surface area (Å²) >= 11 is 0. The van der Waals surface area contributed by atoms with Crippen molar-refractivity contribution in [2.24, 2.45) is 5.92 Å². The van der Waals surface area contributed by atoms with Crippen LogP contribution in [-0.4, -0.2) is 6.29 Å². The van der Waals surface area contributed by atoms with Gasteiger partial charge in [0.25, 0.3) is 0 Å². The molecule has 0 aromatic rings. The van der Waals surface area contributed by atoms with Crippen LogP contribution in [0.1, 0.15) is 74.7 Å². The van der Waals surface area contributed by atoms with Crippen LogP contribution in [-0.2, 0) is 4.79 Å². The van der Waals surface area contributed by atoms with Crippen molar-refractivity contribution in [2.75, 3.05) is 0 Å². The van der Waals surface area contributed by atoms with Crippen LogP contribution in [0.4, 0.5) is 0 Å². The summed E-state index contributed by atoms with van der Waals surface area (Å²) in [4.78, 5) is 10.6. The predicted octanol–water partition coefficient (Wildman–Crippen LogP) is 9.36. The molecule has 0 aromatic carbocycles. The molecule has 0 bridgehead atoms. The lowest BCUT2D eigenvalue weighted by molar-refractivity contribution is -0.104. The summed E-state index contributed by atoms with van der Waals surface area (Å²) in [5, 5.41) is 0. The third-order valence-electron chi connectivity index (χ3n) is 5.05. The molecular formula is C31H44O. The summed E-state index contributed by atoms with van der Waals surface area (Å²) in [6.07, 6.45) is 29.3. The van der Waals surface area contributed by atoms with E-state index in [0.717, 1.165) is 17.8 Å². The van der Waals surface area contributed by atoms with E-state index in [0.29, 0.717) is 5.57 Å². The maximum atomic E-state index is 10.6. The molecule has 0 radical (unpaired) electrons. The predicted molar refractivity (Wildman–Crippen MR) is 145 cm³/mol. The second-order valence-corrected chi connectivity index (χ2v) is 8.95. The molecule has 0 saturated heterocycles. The third kappa shape index (κ3) is 17.1. The Balaban J connectivity index is 4.73. The SMILES string of the molecule is C\C(C=O)=C/C=C/C(C)=C/C=C/C=C(C)/C=C/C=C(C)/C=C/C(C)=C(\C)CCCC(C)C. The van der Waals surface area contributed by atoms with Crippen LogP contribution in [0.3, 0.4) is 0 Å². The molecule has 0 aliphatic heterocycles. The van der Waals surface area contributed by atoms with Gasteiger partial charge in [-0.1, -0.05) is 121 Å². The molecule has 32 heavy (non-hydrogen) atoms. The van der Waals surface area contributed by atoms with Crippen molar-refractivity contribution >= 4 is 6.29 Å². The first-order chi connectivity index (χ1) is 15.1. The van der Waals surface area contributed by atoms with Gasteiger partial charge in [-0.25, -0.2) is 0 Å². The zero-order chi connectivity index (χ0) is 24.4. The quantitative estimate of drug-likeness (QED) is 0.161. The lowest BCUT2D eigenvalue weighted by Crippen LogP contribution is -1.89. The lowest BCUT2D eigenvalue weighted by atomic mass is 10.00. The van der Waals surface area contributed by atoms with E-state index >= 15 is 0 Å². The second kappa shape index (κ2) is 18.0. The number of hydrogen-bond acceptors (Lipinski definition) is 1. The van der Waals surface area contributed by atoms with Crippen LogP contribution >= 0.6 is 0 Å². The van der Waals surface area contributed by atoms with Crippen molar-refractivity contribution < 1.29 is 4.79 Å². The van der Waals surface area contributed by atoms with Crippen molar-refractivity contribution in [1.82, 2.24) is 0 Å². The van der Waals surface area contributed by atoms with Gasteiger partial charge in [0.15, 0.2) is 0 Å². The highest BCUT2D eigenvalue weighted by molar-refractivity contribution is 5.72. The summed E-state index contributed by atoms with van der Waals surface area (Å²) in [7, 11) is 0. The Morgan fingerprint density at radius 2 is 1.09 bits per heavy atom. The normalized spacial score (nSPS) is 15.8. The van der Waals surface area contributed by atoms with Crippen LogP contribution < -0.4 is 0 Å². The summed E-state index contributed by atoms with van der Waals surface area (Å²) in [6, 6.07) is 0. The summed E-state index contributed by atoms with van der Waals surface area (Å²) in [6.45, 7) is 17.1. The van der Waals surface area contributed by atoms with Gasteiger partial charge in [-0.2, -0.15) is 0 Å². The van der Waals surface area contributed by atoms with E-state index in [1.807, 2.05) is 37.3 Å². The van der Waals surface area contributed by atoms with Crippen molar-refractivity contribution in [2.45, 2.75) is 74.7 Å². The molecule has 0 aliphatic carbocycles. The van der Waals surface area contributed by atoms with Crippen molar-refractivity contribution in [3.8, 4) is 0 Å². The zero-order valence-electron chi connectivity index (χ0n) is 21.6. The van der Waals surface area contributed by atoms with Crippen molar-refractivity contribution in [3.05, 3.63) is 106 Å². The van der Waals surface area contributed by atoms with E-state index in [9.17, 15) is 4.79 Å². The van der Waals surface area contributed by atoms with Gasteiger partial charge in [-0.3, -0.25) is 4.79 Å². The van der Waals surface area contributed by atoms with E-state index in [4.69, 9.17) is 0 Å². The monoisotopic (exact) mass is 432 g/mol. The molecule has 1 heteroatoms. The minimum absolute atomic E-state index is 0.716. The van der Waals surface area contributed by atoms with Gasteiger partial charge in [0.05, 0.1) is 0 Å². The molecule has 0 aromatic heterocycles. The fourth-order valence-corrected chi connectivity index (χ4v) is 2.70. The highest BCUT2D eigenvalue weighted by Crippen LogP contribution is 2.16. The Morgan fingerprint density at radius 3 is 1.59 bits per heavy atom. The first-order valence-corrected chi connectivity index (χ1v) is 11.7. The van der Waals surface area contributed by atoms with Gasteiger partial charge in [-0.15, -0.1) is 0 Å². The highest BCUT2D eigenvalue weighted by Gasteiger charge is 1.97. The van der Waals surface area contributed by atoms with E-state index in [1.165, 1.54) is 41.6 Å². The Morgan fingerprint density at radius 1 is 0.625 bits per heavy atom. The fraction of sp³-hybridized carbons (Fsp3) is 0.387. The largest absolute Gasteiger partial charge is 0.298 e. The van der Waals surface area contributed by atoms with E-state index in [-0.39, 0.29) is 0 Å². The molecule has 0 atom stereocenters. The highest BCUT2D eigenvalue weighted by atomic mass is 16.1. The van der Waals surface area contributed by atoms with Crippen LogP contribution in [0.2, 0.25) is 0 Å². The number of hydrogen-bond donors (Lipinski definition) is 0. The molecule has 0 aliphatic rings. The fourth-order valence-electron chi connectivity index (χ4n) is 2.70. The van der Waals surface area contributed by atoms with Crippen LogP contribution in [0.5, 0.6) is 0 Å². The van der Waals surface area contributed by atoms with Crippen molar-refractivity contribution in [3.63, 3.8) is 0 Å². The minimum Gasteiger partial charge on any atom is -0.298 e. The first-order valence-electron chi connectivity index (χ1n) is 11.7. The maximum absolute atomic E-state index is 10.6. The van der Waals surface area contributed by atoms with E-state index in [2.05, 4.69) is 78.0 Å². The Hall–Kier alpha value is -2.67. The third-order valence-corrected chi connectivity index (χ3v) is 5.05.